The highest BCUT2D eigenvalue weighted by atomic mass is 35.5. The predicted molar refractivity (Wildman–Crippen MR) is 90.6 cm³/mol. The van der Waals surface area contributed by atoms with Crippen LogP contribution in [0.3, 0.4) is 0 Å². The summed E-state index contributed by atoms with van der Waals surface area (Å²) in [6.45, 7) is 2.93. The molecular weight excluding hydrogens is 280 g/mol. The molecule has 3 rings (SSSR count). The minimum Gasteiger partial charge on any atom is -0.338 e. The van der Waals surface area contributed by atoms with Gasteiger partial charge in [-0.15, -0.1) is 0 Å². The van der Waals surface area contributed by atoms with Crippen LogP contribution in [0.15, 0.2) is 42.5 Å². The molecule has 21 heavy (non-hydrogen) atoms. The molecule has 2 N–H and O–H groups in total. The first kappa shape index (κ1) is 14.4. The van der Waals surface area contributed by atoms with Gasteiger partial charge in [-0.2, -0.15) is 0 Å². The Morgan fingerprint density at radius 1 is 1.19 bits per heavy atom. The average Bonchev–Trinajstić information content (AvgIpc) is 2.49. The SMILES string of the molecule is CC1CCc2ccccc2N1c1cc(Cl)ccc1CCN. The Bertz CT molecular complexity index is 639. The van der Waals surface area contributed by atoms with Crippen LogP contribution in [-0.2, 0) is 12.8 Å². The van der Waals surface area contributed by atoms with E-state index >= 15 is 0 Å². The van der Waals surface area contributed by atoms with E-state index < -0.39 is 0 Å². The minimum absolute atomic E-state index is 0.467. The van der Waals surface area contributed by atoms with Gasteiger partial charge in [-0.25, -0.2) is 0 Å². The van der Waals surface area contributed by atoms with Crippen LogP contribution in [0.4, 0.5) is 11.4 Å². The summed E-state index contributed by atoms with van der Waals surface area (Å²) < 4.78 is 0. The molecule has 0 aromatic heterocycles. The van der Waals surface area contributed by atoms with Crippen LogP contribution in [0.5, 0.6) is 0 Å². The summed E-state index contributed by atoms with van der Waals surface area (Å²) in [7, 11) is 0. The number of nitrogens with two attached hydrogens (primary N) is 1. The van der Waals surface area contributed by atoms with E-state index in [-0.39, 0.29) is 0 Å². The smallest absolute Gasteiger partial charge is 0.0461 e. The fourth-order valence-electron chi connectivity index (χ4n) is 3.18. The van der Waals surface area contributed by atoms with Crippen molar-refractivity contribution in [1.29, 1.82) is 0 Å². The molecular formula is C18H21ClN2. The van der Waals surface area contributed by atoms with E-state index in [4.69, 9.17) is 17.3 Å². The van der Waals surface area contributed by atoms with Gasteiger partial charge < -0.3 is 10.6 Å². The Balaban J connectivity index is 2.13. The first-order chi connectivity index (χ1) is 10.2. The molecule has 2 aromatic carbocycles. The molecule has 0 saturated heterocycles. The third-order valence-corrected chi connectivity index (χ3v) is 4.48. The largest absolute Gasteiger partial charge is 0.338 e. The fraction of sp³-hybridized carbons (Fsp3) is 0.333. The molecule has 0 saturated carbocycles. The van der Waals surface area contributed by atoms with Crippen molar-refractivity contribution in [3.63, 3.8) is 0 Å². The van der Waals surface area contributed by atoms with Gasteiger partial charge in [0.05, 0.1) is 0 Å². The van der Waals surface area contributed by atoms with Crippen molar-refractivity contribution in [2.45, 2.75) is 32.2 Å². The summed E-state index contributed by atoms with van der Waals surface area (Å²) in [6.07, 6.45) is 3.17. The average molecular weight is 301 g/mol. The molecule has 0 aliphatic carbocycles. The van der Waals surface area contributed by atoms with E-state index in [0.717, 1.165) is 24.3 Å². The van der Waals surface area contributed by atoms with Crippen LogP contribution in [-0.4, -0.2) is 12.6 Å². The topological polar surface area (TPSA) is 29.3 Å². The van der Waals surface area contributed by atoms with Crippen molar-refractivity contribution < 1.29 is 0 Å². The van der Waals surface area contributed by atoms with Gasteiger partial charge in [-0.1, -0.05) is 35.9 Å². The second-order valence-corrected chi connectivity index (χ2v) is 6.13. The molecule has 0 bridgehead atoms. The Morgan fingerprint density at radius 2 is 2.00 bits per heavy atom. The van der Waals surface area contributed by atoms with E-state index in [1.165, 1.54) is 22.5 Å². The molecule has 110 valence electrons. The van der Waals surface area contributed by atoms with Gasteiger partial charge in [-0.3, -0.25) is 0 Å². The number of anilines is 2. The van der Waals surface area contributed by atoms with Crippen LogP contribution in [0.25, 0.3) is 0 Å². The first-order valence-corrected chi connectivity index (χ1v) is 7.94. The lowest BCUT2D eigenvalue weighted by molar-refractivity contribution is 0.616. The van der Waals surface area contributed by atoms with Gasteiger partial charge >= 0.3 is 0 Å². The summed E-state index contributed by atoms with van der Waals surface area (Å²) in [5.41, 5.74) is 11.0. The van der Waals surface area contributed by atoms with E-state index in [2.05, 4.69) is 48.2 Å². The number of hydrogen-bond acceptors (Lipinski definition) is 2. The molecule has 1 unspecified atom stereocenters. The van der Waals surface area contributed by atoms with Gasteiger partial charge in [0, 0.05) is 22.4 Å². The number of hydrogen-bond donors (Lipinski definition) is 1. The molecule has 1 atom stereocenters. The maximum absolute atomic E-state index is 6.25. The number of nitrogens with zero attached hydrogens (tertiary/aromatic N) is 1. The molecule has 1 aliphatic rings. The Labute approximate surface area is 131 Å². The van der Waals surface area contributed by atoms with Crippen molar-refractivity contribution >= 4 is 23.0 Å². The van der Waals surface area contributed by atoms with Gasteiger partial charge in [0.25, 0.3) is 0 Å². The monoisotopic (exact) mass is 300 g/mol. The normalized spacial score (nSPS) is 17.7. The standard InChI is InChI=1S/C18H21ClN2/c1-13-6-7-14-4-2-3-5-17(14)21(13)18-12-16(19)9-8-15(18)10-11-20/h2-5,8-9,12-13H,6-7,10-11,20H2,1H3. The molecule has 1 aliphatic heterocycles. The highest BCUT2D eigenvalue weighted by Gasteiger charge is 2.25. The Hall–Kier alpha value is -1.51. The van der Waals surface area contributed by atoms with Gasteiger partial charge in [0.2, 0.25) is 0 Å². The maximum atomic E-state index is 6.25. The summed E-state index contributed by atoms with van der Waals surface area (Å²) in [5.74, 6) is 0. The minimum atomic E-state index is 0.467. The van der Waals surface area contributed by atoms with Crippen molar-refractivity contribution in [3.8, 4) is 0 Å². The number of aryl methyl sites for hydroxylation is 1. The van der Waals surface area contributed by atoms with Crippen molar-refractivity contribution in [2.24, 2.45) is 5.73 Å². The Morgan fingerprint density at radius 3 is 2.81 bits per heavy atom. The number of rotatable bonds is 3. The van der Waals surface area contributed by atoms with E-state index in [0.29, 0.717) is 12.6 Å². The molecule has 0 amide bonds. The van der Waals surface area contributed by atoms with Crippen molar-refractivity contribution in [2.75, 3.05) is 11.4 Å². The van der Waals surface area contributed by atoms with Crippen molar-refractivity contribution in [1.82, 2.24) is 0 Å². The second kappa shape index (κ2) is 6.08. The van der Waals surface area contributed by atoms with E-state index in [1.54, 1.807) is 0 Å². The summed E-state index contributed by atoms with van der Waals surface area (Å²) in [6, 6.07) is 15.3. The molecule has 2 nitrogen and oxygen atoms in total. The molecule has 0 spiro atoms. The summed E-state index contributed by atoms with van der Waals surface area (Å²) >= 11 is 6.25. The van der Waals surface area contributed by atoms with Crippen LogP contribution in [0.2, 0.25) is 5.02 Å². The predicted octanol–water partition coefficient (Wildman–Crippen LogP) is 4.31. The Kier molecular flexibility index (Phi) is 4.18. The first-order valence-electron chi connectivity index (χ1n) is 7.56. The molecule has 1 heterocycles. The quantitative estimate of drug-likeness (QED) is 0.915. The highest BCUT2D eigenvalue weighted by Crippen LogP contribution is 2.39. The summed E-state index contributed by atoms with van der Waals surface area (Å²) in [4.78, 5) is 2.43. The number of para-hydroxylation sites is 1. The highest BCUT2D eigenvalue weighted by molar-refractivity contribution is 6.30. The molecule has 3 heteroatoms. The van der Waals surface area contributed by atoms with Crippen LogP contribution >= 0.6 is 11.6 Å². The van der Waals surface area contributed by atoms with Gasteiger partial charge in [0.1, 0.15) is 0 Å². The van der Waals surface area contributed by atoms with Gasteiger partial charge in [-0.05, 0) is 62.1 Å². The maximum Gasteiger partial charge on any atom is 0.0461 e. The van der Waals surface area contributed by atoms with Crippen LogP contribution < -0.4 is 10.6 Å². The van der Waals surface area contributed by atoms with E-state index in [1.807, 2.05) is 6.07 Å². The third-order valence-electron chi connectivity index (χ3n) is 4.24. The lowest BCUT2D eigenvalue weighted by Crippen LogP contribution is -2.34. The zero-order chi connectivity index (χ0) is 14.8. The fourth-order valence-corrected chi connectivity index (χ4v) is 3.35. The lowest BCUT2D eigenvalue weighted by Gasteiger charge is -2.38. The van der Waals surface area contributed by atoms with E-state index in [9.17, 15) is 0 Å². The molecule has 0 radical (unpaired) electrons. The number of halogens is 1. The van der Waals surface area contributed by atoms with Crippen molar-refractivity contribution in [3.05, 3.63) is 58.6 Å². The van der Waals surface area contributed by atoms with Crippen LogP contribution in [0.1, 0.15) is 24.5 Å². The molecule has 0 fully saturated rings. The molecule has 2 aromatic rings. The number of fused-ring (bicyclic) bond motifs is 1. The zero-order valence-corrected chi connectivity index (χ0v) is 13.1. The van der Waals surface area contributed by atoms with Gasteiger partial charge in [0.15, 0.2) is 0 Å². The third kappa shape index (κ3) is 2.78. The zero-order valence-electron chi connectivity index (χ0n) is 12.3. The van der Waals surface area contributed by atoms with Crippen LogP contribution in [0, 0.1) is 0 Å². The number of benzene rings is 2. The lowest BCUT2D eigenvalue weighted by atomic mass is 9.94. The summed E-state index contributed by atoms with van der Waals surface area (Å²) in [5, 5.41) is 0.779. The second-order valence-electron chi connectivity index (χ2n) is 5.70.